The second kappa shape index (κ2) is 8.32. The summed E-state index contributed by atoms with van der Waals surface area (Å²) in [5.74, 6) is -1.08. The number of halogens is 1. The third kappa shape index (κ3) is 5.99. The quantitative estimate of drug-likeness (QED) is 0.325. The van der Waals surface area contributed by atoms with Crippen molar-refractivity contribution in [3.63, 3.8) is 0 Å². The van der Waals surface area contributed by atoms with Crippen LogP contribution in [0.15, 0.2) is 6.20 Å². The van der Waals surface area contributed by atoms with Crippen LogP contribution in [0.2, 0.25) is 0 Å². The molecule has 0 saturated carbocycles. The maximum atomic E-state index is 12.4. The highest BCUT2D eigenvalue weighted by atomic mass is 79.9. The predicted molar refractivity (Wildman–Crippen MR) is 93.4 cm³/mol. The number of ketones is 2. The highest BCUT2D eigenvalue weighted by Gasteiger charge is 2.27. The Bertz CT molecular complexity index is 641. The molecule has 1 atom stereocenters. The lowest BCUT2D eigenvalue weighted by atomic mass is 10.1. The van der Waals surface area contributed by atoms with E-state index in [0.29, 0.717) is 5.69 Å². The van der Waals surface area contributed by atoms with E-state index in [9.17, 15) is 14.4 Å². The van der Waals surface area contributed by atoms with E-state index in [1.54, 1.807) is 34.6 Å². The molecule has 0 bridgehead atoms. The van der Waals surface area contributed by atoms with Crippen LogP contribution in [0.1, 0.15) is 50.3 Å². The predicted octanol–water partition coefficient (Wildman–Crippen LogP) is 2.46. The molecule has 7 nitrogen and oxygen atoms in total. The number of anilines is 1. The molecular weight excluding hydrogens is 378 g/mol. The van der Waals surface area contributed by atoms with E-state index >= 15 is 0 Å². The van der Waals surface area contributed by atoms with Gasteiger partial charge in [-0.15, -0.1) is 0 Å². The van der Waals surface area contributed by atoms with Crippen molar-refractivity contribution in [1.82, 2.24) is 9.97 Å². The first-order valence-corrected chi connectivity index (χ1v) is 8.47. The molecule has 0 saturated heterocycles. The number of aryl methyl sites for hydroxylation is 1. The van der Waals surface area contributed by atoms with Crippen molar-refractivity contribution in [3.05, 3.63) is 17.6 Å². The molecule has 1 heterocycles. The van der Waals surface area contributed by atoms with Crippen molar-refractivity contribution < 1.29 is 19.1 Å². The molecule has 1 unspecified atom stereocenters. The largest absolute Gasteiger partial charge is 0.459 e. The average Bonchev–Trinajstić information content (AvgIpc) is 2.49. The number of alkyl halides is 1. The Labute approximate surface area is 149 Å². The number of Topliss-reactive ketones (excluding diaryl/α,β-unsaturated/α-hetero) is 2. The van der Waals surface area contributed by atoms with Gasteiger partial charge >= 0.3 is 5.97 Å². The van der Waals surface area contributed by atoms with Crippen molar-refractivity contribution in [2.75, 3.05) is 11.9 Å². The monoisotopic (exact) mass is 399 g/mol. The average molecular weight is 400 g/mol. The van der Waals surface area contributed by atoms with Gasteiger partial charge in [-0.1, -0.05) is 22.9 Å². The van der Waals surface area contributed by atoms with Crippen LogP contribution in [0.4, 0.5) is 5.82 Å². The summed E-state index contributed by atoms with van der Waals surface area (Å²) >= 11 is 3.09. The van der Waals surface area contributed by atoms with Crippen molar-refractivity contribution in [1.29, 1.82) is 0 Å². The van der Waals surface area contributed by atoms with Crippen LogP contribution < -0.4 is 5.32 Å². The fourth-order valence-corrected chi connectivity index (χ4v) is 2.30. The van der Waals surface area contributed by atoms with Crippen LogP contribution in [0.5, 0.6) is 0 Å². The molecule has 0 radical (unpaired) electrons. The summed E-state index contributed by atoms with van der Waals surface area (Å²) in [5, 5.41) is 2.77. The van der Waals surface area contributed by atoms with E-state index < -0.39 is 22.2 Å². The molecule has 0 aliphatic carbocycles. The molecule has 0 spiro atoms. The summed E-state index contributed by atoms with van der Waals surface area (Å²) in [5.41, 5.74) is -0.0245. The molecule has 0 fully saturated rings. The normalized spacial score (nSPS) is 12.4. The van der Waals surface area contributed by atoms with Gasteiger partial charge in [0.05, 0.1) is 5.69 Å². The minimum Gasteiger partial charge on any atom is -0.459 e. The first-order chi connectivity index (χ1) is 11.0. The van der Waals surface area contributed by atoms with E-state index in [1.165, 1.54) is 6.20 Å². The summed E-state index contributed by atoms with van der Waals surface area (Å²) in [7, 11) is 0. The lowest BCUT2D eigenvalue weighted by Gasteiger charge is -2.20. The second-order valence-electron chi connectivity index (χ2n) is 6.20. The van der Waals surface area contributed by atoms with Gasteiger partial charge in [0.25, 0.3) is 0 Å². The molecule has 8 heteroatoms. The van der Waals surface area contributed by atoms with Crippen molar-refractivity contribution in [2.24, 2.45) is 0 Å². The Morgan fingerprint density at radius 2 is 1.96 bits per heavy atom. The van der Waals surface area contributed by atoms with Gasteiger partial charge in [-0.3, -0.25) is 14.4 Å². The zero-order valence-electron chi connectivity index (χ0n) is 14.5. The third-order valence-electron chi connectivity index (χ3n) is 2.81. The summed E-state index contributed by atoms with van der Waals surface area (Å²) in [6.07, 6.45) is 1.66. The number of aromatic nitrogens is 2. The fraction of sp³-hybridized carbons (Fsp3) is 0.562. The maximum Gasteiger partial charge on any atom is 0.325 e. The van der Waals surface area contributed by atoms with Crippen LogP contribution in [-0.2, 0) is 14.3 Å². The summed E-state index contributed by atoms with van der Waals surface area (Å²) in [6.45, 7) is 8.51. The van der Waals surface area contributed by atoms with Crippen LogP contribution in [0.3, 0.4) is 0 Å². The van der Waals surface area contributed by atoms with Crippen LogP contribution in [-0.4, -0.2) is 44.5 Å². The Kier molecular flexibility index (Phi) is 7.01. The number of rotatable bonds is 7. The molecule has 1 aromatic heterocycles. The standard InChI is InChI=1S/C16H22BrN3O4/c1-6-10(21)12(17)14(23)13-15(20-9(2)7-18-13)19-8-11(22)24-16(3,4)5/h7,12H,6,8H2,1-5H3,(H,19,20). The van der Waals surface area contributed by atoms with E-state index in [0.717, 1.165) is 0 Å². The summed E-state index contributed by atoms with van der Waals surface area (Å²) in [6, 6.07) is 0. The van der Waals surface area contributed by atoms with E-state index in [-0.39, 0.29) is 30.3 Å². The number of esters is 1. The van der Waals surface area contributed by atoms with Crippen LogP contribution in [0.25, 0.3) is 0 Å². The van der Waals surface area contributed by atoms with Gasteiger partial charge in [0, 0.05) is 12.6 Å². The van der Waals surface area contributed by atoms with Gasteiger partial charge in [0.15, 0.2) is 11.6 Å². The summed E-state index contributed by atoms with van der Waals surface area (Å²) < 4.78 is 5.20. The SMILES string of the molecule is CCC(=O)C(Br)C(=O)c1ncc(C)nc1NCC(=O)OC(C)(C)C. The van der Waals surface area contributed by atoms with Gasteiger partial charge in [0.2, 0.25) is 5.78 Å². The second-order valence-corrected chi connectivity index (χ2v) is 7.11. The third-order valence-corrected chi connectivity index (χ3v) is 3.73. The maximum absolute atomic E-state index is 12.4. The van der Waals surface area contributed by atoms with Crippen LogP contribution in [0, 0.1) is 6.92 Å². The highest BCUT2D eigenvalue weighted by molar-refractivity contribution is 9.10. The number of nitrogens with zero attached hydrogens (tertiary/aromatic N) is 2. The topological polar surface area (TPSA) is 98.3 Å². The smallest absolute Gasteiger partial charge is 0.325 e. The molecule has 1 aromatic rings. The van der Waals surface area contributed by atoms with E-state index in [2.05, 4.69) is 31.2 Å². The van der Waals surface area contributed by atoms with Crippen molar-refractivity contribution >= 4 is 39.3 Å². The van der Waals surface area contributed by atoms with Gasteiger partial charge < -0.3 is 10.1 Å². The number of hydrogen-bond donors (Lipinski definition) is 1. The molecule has 1 N–H and O–H groups in total. The first kappa shape index (κ1) is 20.2. The molecule has 0 aliphatic heterocycles. The number of hydrogen-bond acceptors (Lipinski definition) is 7. The molecule has 0 aliphatic rings. The molecule has 0 amide bonds. The molecule has 1 rings (SSSR count). The Morgan fingerprint density at radius 1 is 1.33 bits per heavy atom. The number of carbonyl (C=O) groups excluding carboxylic acids is 3. The molecule has 0 aromatic carbocycles. The number of ether oxygens (including phenoxy) is 1. The molecule has 24 heavy (non-hydrogen) atoms. The van der Waals surface area contributed by atoms with E-state index in [1.807, 2.05) is 0 Å². The zero-order valence-corrected chi connectivity index (χ0v) is 16.1. The highest BCUT2D eigenvalue weighted by Crippen LogP contribution is 2.18. The number of carbonyl (C=O) groups is 3. The van der Waals surface area contributed by atoms with Gasteiger partial charge in [-0.2, -0.15) is 0 Å². The Balaban J connectivity index is 2.95. The van der Waals surface area contributed by atoms with E-state index in [4.69, 9.17) is 4.74 Å². The summed E-state index contributed by atoms with van der Waals surface area (Å²) in [4.78, 5) is 43.2. The van der Waals surface area contributed by atoms with Crippen molar-refractivity contribution in [3.8, 4) is 0 Å². The van der Waals surface area contributed by atoms with Gasteiger partial charge in [-0.25, -0.2) is 9.97 Å². The fourth-order valence-electron chi connectivity index (χ4n) is 1.76. The molecular formula is C16H22BrN3O4. The minimum absolute atomic E-state index is 0.00725. The van der Waals surface area contributed by atoms with Crippen LogP contribution >= 0.6 is 15.9 Å². The molecule has 132 valence electrons. The van der Waals surface area contributed by atoms with Gasteiger partial charge in [-0.05, 0) is 27.7 Å². The van der Waals surface area contributed by atoms with Crippen molar-refractivity contribution in [2.45, 2.75) is 51.5 Å². The lowest BCUT2D eigenvalue weighted by molar-refractivity contribution is -0.152. The number of nitrogens with one attached hydrogen (secondary N) is 1. The first-order valence-electron chi connectivity index (χ1n) is 7.55. The Morgan fingerprint density at radius 3 is 2.50 bits per heavy atom. The van der Waals surface area contributed by atoms with Gasteiger partial charge in [0.1, 0.15) is 22.7 Å². The Hall–Kier alpha value is -1.83. The lowest BCUT2D eigenvalue weighted by Crippen LogP contribution is -2.30. The zero-order chi connectivity index (χ0) is 18.5. The minimum atomic E-state index is -0.985.